The van der Waals surface area contributed by atoms with Crippen LogP contribution in [0, 0.1) is 6.92 Å². The number of hydrogen-bond acceptors (Lipinski definition) is 3. The second kappa shape index (κ2) is 11.4. The Bertz CT molecular complexity index is 671. The van der Waals surface area contributed by atoms with Crippen LogP contribution in [0.5, 0.6) is 5.75 Å². The van der Waals surface area contributed by atoms with Crippen molar-refractivity contribution in [3.05, 3.63) is 59.7 Å². The first-order chi connectivity index (χ1) is 12.1. The fraction of sp³-hybridized carbons (Fsp3) is 0.455. The average molecular weight is 411 g/mol. The number of halogens is 2. The SMILES string of the molecule is Cc1ccc(C(C)C)c(OCCN2CCN(c3ccccc3)CC2)c1.Cl.Cl. The molecule has 150 valence electrons. The van der Waals surface area contributed by atoms with Crippen LogP contribution in [-0.2, 0) is 0 Å². The number of hydrogen-bond donors (Lipinski definition) is 0. The summed E-state index contributed by atoms with van der Waals surface area (Å²) >= 11 is 0. The first-order valence-corrected chi connectivity index (χ1v) is 9.39. The molecule has 0 N–H and O–H groups in total. The van der Waals surface area contributed by atoms with Crippen LogP contribution in [0.1, 0.15) is 30.9 Å². The standard InChI is InChI=1S/C22H30N2O.2ClH/c1-18(2)21-10-9-19(3)17-22(21)25-16-15-23-11-13-24(14-12-23)20-7-5-4-6-8-20;;/h4-10,17-18H,11-16H2,1-3H3;2*1H. The lowest BCUT2D eigenvalue weighted by Crippen LogP contribution is -2.47. The van der Waals surface area contributed by atoms with Crippen molar-refractivity contribution < 1.29 is 4.74 Å². The maximum absolute atomic E-state index is 6.14. The van der Waals surface area contributed by atoms with Crippen LogP contribution in [0.15, 0.2) is 48.5 Å². The summed E-state index contributed by atoms with van der Waals surface area (Å²) in [5, 5.41) is 0. The van der Waals surface area contributed by atoms with E-state index in [1.165, 1.54) is 16.8 Å². The van der Waals surface area contributed by atoms with Crippen LogP contribution < -0.4 is 9.64 Å². The summed E-state index contributed by atoms with van der Waals surface area (Å²) < 4.78 is 6.14. The topological polar surface area (TPSA) is 15.7 Å². The molecule has 1 saturated heterocycles. The van der Waals surface area contributed by atoms with Crippen molar-refractivity contribution in [1.29, 1.82) is 0 Å². The molecule has 1 fully saturated rings. The summed E-state index contributed by atoms with van der Waals surface area (Å²) in [4.78, 5) is 4.97. The minimum absolute atomic E-state index is 0. The number of rotatable bonds is 6. The van der Waals surface area contributed by atoms with E-state index in [1.54, 1.807) is 0 Å². The number of aryl methyl sites for hydroxylation is 1. The third kappa shape index (κ3) is 6.60. The van der Waals surface area contributed by atoms with Gasteiger partial charge < -0.3 is 9.64 Å². The van der Waals surface area contributed by atoms with Crippen molar-refractivity contribution >= 4 is 30.5 Å². The molecule has 1 heterocycles. The Morgan fingerprint density at radius 3 is 2.22 bits per heavy atom. The minimum Gasteiger partial charge on any atom is -0.492 e. The van der Waals surface area contributed by atoms with E-state index in [9.17, 15) is 0 Å². The average Bonchev–Trinajstić information content (AvgIpc) is 2.63. The lowest BCUT2D eigenvalue weighted by atomic mass is 10.0. The second-order valence-corrected chi connectivity index (χ2v) is 7.21. The molecule has 0 aromatic heterocycles. The summed E-state index contributed by atoms with van der Waals surface area (Å²) in [5.74, 6) is 1.54. The number of anilines is 1. The quantitative estimate of drug-likeness (QED) is 0.653. The van der Waals surface area contributed by atoms with Crippen LogP contribution in [0.25, 0.3) is 0 Å². The Morgan fingerprint density at radius 2 is 1.59 bits per heavy atom. The van der Waals surface area contributed by atoms with E-state index in [4.69, 9.17) is 4.74 Å². The Morgan fingerprint density at radius 1 is 0.926 bits per heavy atom. The van der Waals surface area contributed by atoms with E-state index < -0.39 is 0 Å². The van der Waals surface area contributed by atoms with Gasteiger partial charge >= 0.3 is 0 Å². The summed E-state index contributed by atoms with van der Waals surface area (Å²) in [7, 11) is 0. The molecule has 0 atom stereocenters. The molecule has 3 rings (SSSR count). The fourth-order valence-corrected chi connectivity index (χ4v) is 3.40. The lowest BCUT2D eigenvalue weighted by molar-refractivity contribution is 0.199. The Balaban J connectivity index is 0.00000182. The van der Waals surface area contributed by atoms with E-state index in [1.807, 2.05) is 0 Å². The number of benzene rings is 2. The second-order valence-electron chi connectivity index (χ2n) is 7.21. The molecule has 2 aromatic rings. The van der Waals surface area contributed by atoms with Gasteiger partial charge in [0.1, 0.15) is 12.4 Å². The smallest absolute Gasteiger partial charge is 0.123 e. The summed E-state index contributed by atoms with van der Waals surface area (Å²) in [6.45, 7) is 12.7. The number of piperazine rings is 1. The van der Waals surface area contributed by atoms with Crippen molar-refractivity contribution in [3.63, 3.8) is 0 Å². The summed E-state index contributed by atoms with van der Waals surface area (Å²) in [6, 6.07) is 17.2. The molecule has 0 spiro atoms. The molecule has 3 nitrogen and oxygen atoms in total. The highest BCUT2D eigenvalue weighted by Gasteiger charge is 2.17. The van der Waals surface area contributed by atoms with Gasteiger partial charge in [0, 0.05) is 38.4 Å². The first-order valence-electron chi connectivity index (χ1n) is 9.39. The molecular formula is C22H32Cl2N2O. The normalized spacial score (nSPS) is 14.4. The summed E-state index contributed by atoms with van der Waals surface area (Å²) in [6.07, 6.45) is 0. The predicted octanol–water partition coefficient (Wildman–Crippen LogP) is 5.16. The number of nitrogens with zero attached hydrogens (tertiary/aromatic N) is 2. The van der Waals surface area contributed by atoms with E-state index >= 15 is 0 Å². The van der Waals surface area contributed by atoms with Crippen LogP contribution in [0.3, 0.4) is 0 Å². The van der Waals surface area contributed by atoms with Crippen molar-refractivity contribution in [2.75, 3.05) is 44.2 Å². The molecule has 0 amide bonds. The van der Waals surface area contributed by atoms with Gasteiger partial charge in [-0.05, 0) is 42.2 Å². The minimum atomic E-state index is 0. The molecule has 0 radical (unpaired) electrons. The van der Waals surface area contributed by atoms with Crippen molar-refractivity contribution in [1.82, 2.24) is 4.90 Å². The largest absolute Gasteiger partial charge is 0.492 e. The van der Waals surface area contributed by atoms with Gasteiger partial charge in [0.2, 0.25) is 0 Å². The number of para-hydroxylation sites is 1. The molecule has 2 aromatic carbocycles. The van der Waals surface area contributed by atoms with Gasteiger partial charge in [-0.15, -0.1) is 24.8 Å². The molecule has 0 unspecified atom stereocenters. The van der Waals surface area contributed by atoms with Gasteiger partial charge in [-0.3, -0.25) is 4.90 Å². The van der Waals surface area contributed by atoms with E-state index in [0.29, 0.717) is 5.92 Å². The zero-order chi connectivity index (χ0) is 17.6. The predicted molar refractivity (Wildman–Crippen MR) is 120 cm³/mol. The van der Waals surface area contributed by atoms with Crippen molar-refractivity contribution in [2.45, 2.75) is 26.7 Å². The van der Waals surface area contributed by atoms with Crippen molar-refractivity contribution in [2.24, 2.45) is 0 Å². The van der Waals surface area contributed by atoms with Crippen LogP contribution in [-0.4, -0.2) is 44.2 Å². The third-order valence-electron chi connectivity index (χ3n) is 4.95. The van der Waals surface area contributed by atoms with E-state index in [2.05, 4.69) is 79.1 Å². The highest BCUT2D eigenvalue weighted by molar-refractivity contribution is 5.85. The maximum Gasteiger partial charge on any atom is 0.123 e. The molecule has 0 bridgehead atoms. The van der Waals surface area contributed by atoms with E-state index in [-0.39, 0.29) is 24.8 Å². The molecule has 1 aliphatic heterocycles. The molecule has 27 heavy (non-hydrogen) atoms. The Labute approximate surface area is 176 Å². The zero-order valence-corrected chi connectivity index (χ0v) is 18.2. The first kappa shape index (κ1) is 23.6. The summed E-state index contributed by atoms with van der Waals surface area (Å²) in [5.41, 5.74) is 3.90. The van der Waals surface area contributed by atoms with Gasteiger partial charge in [-0.1, -0.05) is 44.2 Å². The van der Waals surface area contributed by atoms with E-state index in [0.717, 1.165) is 45.1 Å². The van der Waals surface area contributed by atoms with Gasteiger partial charge in [-0.25, -0.2) is 0 Å². The lowest BCUT2D eigenvalue weighted by Gasteiger charge is -2.36. The highest BCUT2D eigenvalue weighted by atomic mass is 35.5. The van der Waals surface area contributed by atoms with Gasteiger partial charge in [-0.2, -0.15) is 0 Å². The Hall–Kier alpha value is -1.42. The zero-order valence-electron chi connectivity index (χ0n) is 16.6. The third-order valence-corrected chi connectivity index (χ3v) is 4.95. The Kier molecular flexibility index (Phi) is 10.00. The van der Waals surface area contributed by atoms with Crippen molar-refractivity contribution in [3.8, 4) is 5.75 Å². The highest BCUT2D eigenvalue weighted by Crippen LogP contribution is 2.27. The maximum atomic E-state index is 6.14. The van der Waals surface area contributed by atoms with Gasteiger partial charge in [0.15, 0.2) is 0 Å². The van der Waals surface area contributed by atoms with Crippen LogP contribution >= 0.6 is 24.8 Å². The van der Waals surface area contributed by atoms with Gasteiger partial charge in [0.25, 0.3) is 0 Å². The monoisotopic (exact) mass is 410 g/mol. The molecule has 5 heteroatoms. The fourth-order valence-electron chi connectivity index (χ4n) is 3.40. The molecule has 0 aliphatic carbocycles. The number of ether oxygens (including phenoxy) is 1. The van der Waals surface area contributed by atoms with Crippen LogP contribution in [0.2, 0.25) is 0 Å². The van der Waals surface area contributed by atoms with Crippen LogP contribution in [0.4, 0.5) is 5.69 Å². The molecule has 0 saturated carbocycles. The molecule has 1 aliphatic rings. The van der Waals surface area contributed by atoms with Gasteiger partial charge in [0.05, 0.1) is 0 Å². The molecular weight excluding hydrogens is 379 g/mol.